The molecule has 0 rings (SSSR count). The summed E-state index contributed by atoms with van der Waals surface area (Å²) in [5, 5.41) is 14.8. The minimum atomic E-state index is -1.82. The molecule has 8 heavy (non-hydrogen) atoms. The average Bonchev–Trinajstić information content (AvgIpc) is 1.36. The standard InChI is InChI=1S/C2H2O4.CH4.Li.H/c3-1(4)2(5)6;;;/h(H,3,4)(H,5,6);1H4;;/q;;+1;-1. The maximum Gasteiger partial charge on any atom is 1.00 e. The van der Waals surface area contributed by atoms with Gasteiger partial charge in [0.15, 0.2) is 0 Å². The van der Waals surface area contributed by atoms with Gasteiger partial charge in [-0.3, -0.25) is 0 Å². The number of hydrogen-bond donors (Lipinski definition) is 2. The monoisotopic (exact) mass is 114 g/mol. The first-order valence-corrected chi connectivity index (χ1v) is 1.11. The van der Waals surface area contributed by atoms with Crippen LogP contribution in [0.2, 0.25) is 0 Å². The summed E-state index contributed by atoms with van der Waals surface area (Å²) in [6.45, 7) is 0. The number of hydrogen-bond acceptors (Lipinski definition) is 2. The molecule has 0 atom stereocenters. The number of carboxylic acids is 2. The predicted octanol–water partition coefficient (Wildman–Crippen LogP) is -3.09. The number of carbonyl (C=O) groups is 2. The second-order valence-corrected chi connectivity index (χ2v) is 0.610. The van der Waals surface area contributed by atoms with Crippen LogP contribution in [0.3, 0.4) is 0 Å². The summed E-state index contributed by atoms with van der Waals surface area (Å²) in [7, 11) is 0. The molecular weight excluding hydrogens is 107 g/mol. The Morgan fingerprint density at radius 3 is 1.25 bits per heavy atom. The Kier molecular flexibility index (Phi) is 12.8. The molecular formula is C3H7LiO4. The summed E-state index contributed by atoms with van der Waals surface area (Å²) >= 11 is 0. The molecule has 0 aliphatic rings. The van der Waals surface area contributed by atoms with Crippen molar-refractivity contribution in [2.45, 2.75) is 7.43 Å². The topological polar surface area (TPSA) is 74.6 Å². The molecule has 0 heterocycles. The van der Waals surface area contributed by atoms with Crippen molar-refractivity contribution in [2.75, 3.05) is 0 Å². The first-order valence-electron chi connectivity index (χ1n) is 1.11. The van der Waals surface area contributed by atoms with Crippen molar-refractivity contribution in [1.82, 2.24) is 0 Å². The maximum atomic E-state index is 9.10. The van der Waals surface area contributed by atoms with Gasteiger partial charge in [0, 0.05) is 0 Å². The summed E-state index contributed by atoms with van der Waals surface area (Å²) in [5.41, 5.74) is 0. The fraction of sp³-hybridized carbons (Fsp3) is 0.333. The molecule has 0 aromatic rings. The Balaban J connectivity index is -0.0000000417. The van der Waals surface area contributed by atoms with Crippen molar-refractivity contribution in [3.8, 4) is 0 Å². The van der Waals surface area contributed by atoms with Gasteiger partial charge in [-0.2, -0.15) is 0 Å². The molecule has 2 N–H and O–H groups in total. The van der Waals surface area contributed by atoms with E-state index in [4.69, 9.17) is 19.8 Å². The van der Waals surface area contributed by atoms with Crippen LogP contribution in [0.15, 0.2) is 0 Å². The first kappa shape index (κ1) is 15.6. The van der Waals surface area contributed by atoms with E-state index >= 15 is 0 Å². The van der Waals surface area contributed by atoms with Gasteiger partial charge < -0.3 is 11.6 Å². The Labute approximate surface area is 60.2 Å². The largest absolute Gasteiger partial charge is 1.00 e. The molecule has 0 saturated carbocycles. The number of carboxylic acid groups (broad SMARTS) is 2. The van der Waals surface area contributed by atoms with Gasteiger partial charge in [0.25, 0.3) is 0 Å². The molecule has 0 fully saturated rings. The van der Waals surface area contributed by atoms with Crippen molar-refractivity contribution >= 4 is 11.9 Å². The van der Waals surface area contributed by atoms with Crippen molar-refractivity contribution in [1.29, 1.82) is 0 Å². The van der Waals surface area contributed by atoms with Crippen LogP contribution in [0.1, 0.15) is 8.85 Å². The van der Waals surface area contributed by atoms with Crippen molar-refractivity contribution in [2.24, 2.45) is 0 Å². The van der Waals surface area contributed by atoms with E-state index in [0.717, 1.165) is 0 Å². The van der Waals surface area contributed by atoms with Crippen LogP contribution in [0.25, 0.3) is 0 Å². The van der Waals surface area contributed by atoms with Gasteiger partial charge in [-0.05, 0) is 0 Å². The molecule has 0 aliphatic carbocycles. The van der Waals surface area contributed by atoms with Gasteiger partial charge in [0.05, 0.1) is 0 Å². The molecule has 0 amide bonds. The van der Waals surface area contributed by atoms with Gasteiger partial charge in [-0.25, -0.2) is 9.59 Å². The van der Waals surface area contributed by atoms with Gasteiger partial charge in [-0.1, -0.05) is 7.43 Å². The first-order chi connectivity index (χ1) is 2.64. The summed E-state index contributed by atoms with van der Waals surface area (Å²) < 4.78 is 0. The Morgan fingerprint density at radius 2 is 1.25 bits per heavy atom. The van der Waals surface area contributed by atoms with E-state index in [1.807, 2.05) is 0 Å². The van der Waals surface area contributed by atoms with E-state index in [9.17, 15) is 0 Å². The Bertz CT molecular complexity index is 81.8. The quantitative estimate of drug-likeness (QED) is 0.258. The smallest absolute Gasteiger partial charge is 1.00 e. The Morgan fingerprint density at radius 1 is 1.12 bits per heavy atom. The van der Waals surface area contributed by atoms with E-state index in [2.05, 4.69) is 0 Å². The molecule has 0 bridgehead atoms. The minimum Gasteiger partial charge on any atom is -1.00 e. The summed E-state index contributed by atoms with van der Waals surface area (Å²) in [6, 6.07) is 0. The fourth-order valence-corrected chi connectivity index (χ4v) is 0. The molecule has 0 unspecified atom stereocenters. The fourth-order valence-electron chi connectivity index (χ4n) is 0. The van der Waals surface area contributed by atoms with Crippen molar-refractivity contribution < 1.29 is 40.1 Å². The molecule has 0 saturated heterocycles. The van der Waals surface area contributed by atoms with Crippen LogP contribution in [-0.2, 0) is 9.59 Å². The molecule has 0 aromatic heterocycles. The van der Waals surface area contributed by atoms with Crippen LogP contribution < -0.4 is 18.9 Å². The van der Waals surface area contributed by atoms with Crippen LogP contribution in [0.5, 0.6) is 0 Å². The second-order valence-electron chi connectivity index (χ2n) is 0.610. The third-order valence-electron chi connectivity index (χ3n) is 0.183. The number of aliphatic carboxylic acids is 2. The molecule has 0 aliphatic heterocycles. The summed E-state index contributed by atoms with van der Waals surface area (Å²) in [6.07, 6.45) is 0. The van der Waals surface area contributed by atoms with E-state index in [1.165, 1.54) is 0 Å². The van der Waals surface area contributed by atoms with Gasteiger partial charge >= 0.3 is 30.8 Å². The van der Waals surface area contributed by atoms with Crippen LogP contribution in [0, 0.1) is 0 Å². The minimum absolute atomic E-state index is 0. The molecule has 0 radical (unpaired) electrons. The normalized spacial score (nSPS) is 5.50. The van der Waals surface area contributed by atoms with Crippen LogP contribution in [-0.4, -0.2) is 22.2 Å². The Hall–Kier alpha value is -0.463. The van der Waals surface area contributed by atoms with E-state index in [0.29, 0.717) is 0 Å². The zero-order chi connectivity index (χ0) is 5.15. The maximum absolute atomic E-state index is 9.10. The van der Waals surface area contributed by atoms with Crippen LogP contribution >= 0.6 is 0 Å². The average molecular weight is 114 g/mol. The third-order valence-corrected chi connectivity index (χ3v) is 0.183. The van der Waals surface area contributed by atoms with E-state index in [1.54, 1.807) is 0 Å². The van der Waals surface area contributed by atoms with Gasteiger partial charge in [-0.15, -0.1) is 0 Å². The van der Waals surface area contributed by atoms with Gasteiger partial charge in [0.1, 0.15) is 0 Å². The van der Waals surface area contributed by atoms with E-state index < -0.39 is 11.9 Å². The molecule has 5 heteroatoms. The molecule has 44 valence electrons. The van der Waals surface area contributed by atoms with Crippen molar-refractivity contribution in [3.05, 3.63) is 0 Å². The third kappa shape index (κ3) is 9.11. The molecule has 4 nitrogen and oxygen atoms in total. The summed E-state index contributed by atoms with van der Waals surface area (Å²) in [5.74, 6) is -3.65. The zero-order valence-corrected chi connectivity index (χ0v) is 3.71. The van der Waals surface area contributed by atoms with Gasteiger partial charge in [0.2, 0.25) is 0 Å². The zero-order valence-electron chi connectivity index (χ0n) is 4.71. The number of rotatable bonds is 0. The van der Waals surface area contributed by atoms with E-state index in [-0.39, 0.29) is 27.7 Å². The summed E-state index contributed by atoms with van der Waals surface area (Å²) in [4.78, 5) is 18.2. The molecule has 0 spiro atoms. The van der Waals surface area contributed by atoms with Crippen LogP contribution in [0.4, 0.5) is 0 Å². The SMILES string of the molecule is C.O=C(O)C(=O)O.[H-].[Li+]. The molecule has 0 aromatic carbocycles. The van der Waals surface area contributed by atoms with Crippen molar-refractivity contribution in [3.63, 3.8) is 0 Å². The second kappa shape index (κ2) is 6.54. The predicted molar refractivity (Wildman–Crippen MR) is 23.1 cm³/mol.